The van der Waals surface area contributed by atoms with Crippen LogP contribution in [0.4, 0.5) is 4.39 Å². The van der Waals surface area contributed by atoms with Crippen molar-refractivity contribution in [2.45, 2.75) is 76.9 Å². The van der Waals surface area contributed by atoms with Gasteiger partial charge in [0.2, 0.25) is 11.8 Å². The van der Waals surface area contributed by atoms with Gasteiger partial charge in [-0.05, 0) is 63.8 Å². The van der Waals surface area contributed by atoms with Crippen LogP contribution in [0.1, 0.15) is 57.6 Å². The summed E-state index contributed by atoms with van der Waals surface area (Å²) in [4.78, 5) is 31.6. The second-order valence-electron chi connectivity index (χ2n) is 12.1. The molecule has 0 bridgehead atoms. The van der Waals surface area contributed by atoms with E-state index in [9.17, 15) is 19.1 Å². The molecule has 2 fully saturated rings. The van der Waals surface area contributed by atoms with Crippen LogP contribution in [0.25, 0.3) is 0 Å². The molecule has 4 rings (SSSR count). The van der Waals surface area contributed by atoms with Gasteiger partial charge in [-0.25, -0.2) is 4.39 Å². The summed E-state index contributed by atoms with van der Waals surface area (Å²) in [5.74, 6) is -0.714. The second-order valence-corrected chi connectivity index (χ2v) is 12.1. The lowest BCUT2D eigenvalue weighted by atomic mass is 9.69. The minimum Gasteiger partial charge on any atom is -0.377 e. The topological polar surface area (TPSA) is 108 Å². The molecule has 0 aliphatic carbocycles. The highest BCUT2D eigenvalue weighted by Crippen LogP contribution is 2.50. The van der Waals surface area contributed by atoms with E-state index in [4.69, 9.17) is 10.5 Å². The monoisotopic (exact) mass is 554 g/mol. The largest absolute Gasteiger partial charge is 0.377 e. The third kappa shape index (κ3) is 6.54. The molecule has 3 unspecified atom stereocenters. The van der Waals surface area contributed by atoms with E-state index in [0.717, 1.165) is 11.1 Å². The molecule has 4 atom stereocenters. The van der Waals surface area contributed by atoms with Gasteiger partial charge in [0.05, 0.1) is 18.6 Å². The summed E-state index contributed by atoms with van der Waals surface area (Å²) >= 11 is 0. The first-order valence-electron chi connectivity index (χ1n) is 14.1. The summed E-state index contributed by atoms with van der Waals surface area (Å²) in [5.41, 5.74) is 6.19. The van der Waals surface area contributed by atoms with Gasteiger partial charge >= 0.3 is 0 Å². The van der Waals surface area contributed by atoms with Crippen molar-refractivity contribution >= 4 is 11.8 Å². The number of likely N-dealkylation sites (tertiary alicyclic amines) is 2. The number of carbonyl (C=O) groups is 2. The number of amides is 2. The Morgan fingerprint density at radius 1 is 1.20 bits per heavy atom. The first-order chi connectivity index (χ1) is 18.9. The third-order valence-electron chi connectivity index (χ3n) is 8.22. The molecule has 218 valence electrons. The van der Waals surface area contributed by atoms with Crippen LogP contribution in [-0.2, 0) is 20.9 Å². The van der Waals surface area contributed by atoms with Crippen molar-refractivity contribution in [3.63, 3.8) is 0 Å². The molecule has 2 aliphatic rings. The second kappa shape index (κ2) is 12.3. The smallest absolute Gasteiger partial charge is 0.242 e. The minimum atomic E-state index is -1.16. The van der Waals surface area contributed by atoms with Gasteiger partial charge in [-0.1, -0.05) is 42.5 Å². The molecule has 8 nitrogen and oxygen atoms in total. The predicted molar refractivity (Wildman–Crippen MR) is 152 cm³/mol. The Bertz CT molecular complexity index is 1150. The number of halogens is 1. The Morgan fingerprint density at radius 3 is 2.50 bits per heavy atom. The predicted octanol–water partition coefficient (Wildman–Crippen LogP) is 3.00. The fourth-order valence-electron chi connectivity index (χ4n) is 5.87. The van der Waals surface area contributed by atoms with E-state index in [-0.39, 0.29) is 42.7 Å². The van der Waals surface area contributed by atoms with Crippen LogP contribution in [0.3, 0.4) is 0 Å². The van der Waals surface area contributed by atoms with Gasteiger partial charge in [0.1, 0.15) is 18.1 Å². The average Bonchev–Trinajstić information content (AvgIpc) is 3.19. The van der Waals surface area contributed by atoms with Crippen LogP contribution in [0, 0.1) is 11.2 Å². The van der Waals surface area contributed by atoms with E-state index >= 15 is 0 Å². The van der Waals surface area contributed by atoms with Crippen LogP contribution < -0.4 is 11.1 Å². The number of hydrogen-bond donors (Lipinski definition) is 3. The molecular formula is C31H43FN4O4. The van der Waals surface area contributed by atoms with Crippen molar-refractivity contribution in [3.8, 4) is 0 Å². The molecule has 2 amide bonds. The molecule has 2 aromatic carbocycles. The number of aliphatic hydroxyl groups excluding tert-OH is 1. The summed E-state index contributed by atoms with van der Waals surface area (Å²) < 4.78 is 19.7. The Hall–Kier alpha value is -2.85. The summed E-state index contributed by atoms with van der Waals surface area (Å²) in [6, 6.07) is 15.1. The van der Waals surface area contributed by atoms with Gasteiger partial charge in [0.25, 0.3) is 0 Å². The van der Waals surface area contributed by atoms with E-state index in [1.165, 1.54) is 12.1 Å². The lowest BCUT2D eigenvalue weighted by molar-refractivity contribution is -0.147. The van der Waals surface area contributed by atoms with E-state index in [1.807, 2.05) is 49.1 Å². The average molecular weight is 555 g/mol. The zero-order chi connectivity index (χ0) is 29.1. The zero-order valence-corrected chi connectivity index (χ0v) is 24.0. The van der Waals surface area contributed by atoms with Crippen molar-refractivity contribution in [3.05, 3.63) is 71.5 Å². The van der Waals surface area contributed by atoms with Crippen molar-refractivity contribution in [1.82, 2.24) is 15.1 Å². The molecule has 40 heavy (non-hydrogen) atoms. The molecule has 9 heteroatoms. The Kier molecular flexibility index (Phi) is 9.29. The van der Waals surface area contributed by atoms with Crippen molar-refractivity contribution < 1.29 is 23.8 Å². The standard InChI is InChI=1S/C31H43FN4O4/c1-21(2)36-17-25(23-11-13-24(32)14-12-23)31(29(36)39)15-8-16-35(20-31)27(37)26(34-28(38)30(3,4)33)19-40-18-22-9-6-5-7-10-22/h5-7,9-14,21,25-26,28,34,38H,8,15-20,33H2,1-4H3/t25?,26-,28?,31?/m1/s1. The Labute approximate surface area is 236 Å². The first-order valence-corrected chi connectivity index (χ1v) is 14.1. The number of benzene rings is 2. The highest BCUT2D eigenvalue weighted by molar-refractivity contribution is 5.89. The van der Waals surface area contributed by atoms with Crippen LogP contribution in [0.2, 0.25) is 0 Å². The number of hydrogen-bond acceptors (Lipinski definition) is 6. The molecule has 0 aromatic heterocycles. The fourth-order valence-corrected chi connectivity index (χ4v) is 5.87. The first kappa shape index (κ1) is 30.1. The van der Waals surface area contributed by atoms with Crippen LogP contribution in [0.15, 0.2) is 54.6 Å². The number of nitrogens with one attached hydrogen (secondary N) is 1. The molecule has 2 aliphatic heterocycles. The van der Waals surface area contributed by atoms with Crippen molar-refractivity contribution in [1.29, 1.82) is 0 Å². The summed E-state index contributed by atoms with van der Waals surface area (Å²) in [6.07, 6.45) is 0.142. The van der Waals surface area contributed by atoms with Gasteiger partial charge in [-0.15, -0.1) is 0 Å². The van der Waals surface area contributed by atoms with E-state index < -0.39 is 23.2 Å². The normalized spacial score (nSPS) is 23.2. The summed E-state index contributed by atoms with van der Waals surface area (Å²) in [7, 11) is 0. The van der Waals surface area contributed by atoms with E-state index in [0.29, 0.717) is 32.5 Å². The fraction of sp³-hybridized carbons (Fsp3) is 0.548. The lowest BCUT2D eigenvalue weighted by Gasteiger charge is -2.43. The SMILES string of the molecule is CC(C)N1CC(c2ccc(F)cc2)C2(CCCN(C(=O)[C@@H](COCc3ccccc3)NC(O)C(C)(C)N)C2)C1=O. The maximum atomic E-state index is 14.0. The molecule has 2 aromatic rings. The zero-order valence-electron chi connectivity index (χ0n) is 24.0. The molecule has 4 N–H and O–H groups in total. The number of nitrogens with zero attached hydrogens (tertiary/aromatic N) is 2. The maximum absolute atomic E-state index is 14.0. The van der Waals surface area contributed by atoms with Gasteiger partial charge in [-0.3, -0.25) is 14.9 Å². The number of nitrogens with two attached hydrogens (primary N) is 1. The van der Waals surface area contributed by atoms with Gasteiger partial charge in [0.15, 0.2) is 0 Å². The molecular weight excluding hydrogens is 511 g/mol. The van der Waals surface area contributed by atoms with E-state index in [1.54, 1.807) is 30.9 Å². The molecule has 2 heterocycles. The van der Waals surface area contributed by atoms with Crippen LogP contribution in [0.5, 0.6) is 0 Å². The Morgan fingerprint density at radius 2 is 1.88 bits per heavy atom. The lowest BCUT2D eigenvalue weighted by Crippen LogP contribution is -2.62. The highest BCUT2D eigenvalue weighted by atomic mass is 19.1. The number of ether oxygens (including phenoxy) is 1. The molecule has 2 saturated heterocycles. The minimum absolute atomic E-state index is 0.00337. The molecule has 1 spiro atoms. The van der Waals surface area contributed by atoms with Crippen molar-refractivity contribution in [2.24, 2.45) is 11.1 Å². The number of carbonyl (C=O) groups excluding carboxylic acids is 2. The quantitative estimate of drug-likeness (QED) is 0.390. The molecule has 0 saturated carbocycles. The van der Waals surface area contributed by atoms with Gasteiger partial charge in [0, 0.05) is 37.1 Å². The summed E-state index contributed by atoms with van der Waals surface area (Å²) in [6.45, 7) is 8.93. The Balaban J connectivity index is 1.58. The number of rotatable bonds is 10. The molecule has 0 radical (unpaired) electrons. The van der Waals surface area contributed by atoms with Crippen LogP contribution in [-0.4, -0.2) is 76.8 Å². The van der Waals surface area contributed by atoms with Crippen LogP contribution >= 0.6 is 0 Å². The van der Waals surface area contributed by atoms with Gasteiger partial charge in [-0.2, -0.15) is 0 Å². The third-order valence-corrected chi connectivity index (χ3v) is 8.22. The maximum Gasteiger partial charge on any atom is 0.242 e. The van der Waals surface area contributed by atoms with E-state index in [2.05, 4.69) is 5.32 Å². The number of piperidine rings is 1. The number of aliphatic hydroxyl groups is 1. The van der Waals surface area contributed by atoms with Crippen molar-refractivity contribution in [2.75, 3.05) is 26.2 Å². The van der Waals surface area contributed by atoms with Gasteiger partial charge < -0.3 is 25.4 Å². The summed E-state index contributed by atoms with van der Waals surface area (Å²) in [5, 5.41) is 13.7. The highest BCUT2D eigenvalue weighted by Gasteiger charge is 2.57.